The van der Waals surface area contributed by atoms with Gasteiger partial charge in [0.05, 0.1) is 13.5 Å². The number of carboxylic acids is 1. The maximum absolute atomic E-state index is 10.7. The fourth-order valence-electron chi connectivity index (χ4n) is 3.17. The predicted molar refractivity (Wildman–Crippen MR) is 98.3 cm³/mol. The fraction of sp³-hybridized carbons (Fsp3) is 0.350. The highest BCUT2D eigenvalue weighted by Crippen LogP contribution is 2.22. The van der Waals surface area contributed by atoms with Crippen molar-refractivity contribution in [3.63, 3.8) is 0 Å². The molecule has 2 aromatic carbocycles. The number of carboxylic acid groups (broad SMARTS) is 1. The van der Waals surface area contributed by atoms with Crippen molar-refractivity contribution in [2.24, 2.45) is 0 Å². The average molecular weight is 340 g/mol. The number of nitrogens with zero attached hydrogens (tertiary/aromatic N) is 2. The first-order chi connectivity index (χ1) is 12.1. The van der Waals surface area contributed by atoms with E-state index in [1.54, 1.807) is 7.11 Å². The average Bonchev–Trinajstić information content (AvgIpc) is 2.63. The van der Waals surface area contributed by atoms with Crippen molar-refractivity contribution in [1.29, 1.82) is 0 Å². The van der Waals surface area contributed by atoms with Crippen molar-refractivity contribution in [1.82, 2.24) is 4.90 Å². The van der Waals surface area contributed by atoms with Crippen molar-refractivity contribution < 1.29 is 14.6 Å². The molecular weight excluding hydrogens is 316 g/mol. The molecule has 5 heteroatoms. The summed E-state index contributed by atoms with van der Waals surface area (Å²) in [5.74, 6) is 0.0998. The van der Waals surface area contributed by atoms with E-state index in [2.05, 4.69) is 21.9 Å². The summed E-state index contributed by atoms with van der Waals surface area (Å²) in [5.41, 5.74) is 3.28. The van der Waals surface area contributed by atoms with Gasteiger partial charge in [-0.25, -0.2) is 0 Å². The molecule has 0 spiro atoms. The first-order valence-corrected chi connectivity index (χ1v) is 8.55. The van der Waals surface area contributed by atoms with E-state index in [1.807, 2.05) is 36.4 Å². The molecule has 1 saturated heterocycles. The molecule has 1 aliphatic rings. The van der Waals surface area contributed by atoms with Gasteiger partial charge in [-0.1, -0.05) is 30.3 Å². The molecule has 1 aliphatic heterocycles. The Morgan fingerprint density at radius 2 is 1.72 bits per heavy atom. The number of hydrogen-bond donors (Lipinski definition) is 1. The van der Waals surface area contributed by atoms with Crippen molar-refractivity contribution >= 4 is 11.7 Å². The molecule has 0 unspecified atom stereocenters. The molecule has 132 valence electrons. The van der Waals surface area contributed by atoms with E-state index >= 15 is 0 Å². The minimum atomic E-state index is -0.790. The van der Waals surface area contributed by atoms with Gasteiger partial charge < -0.3 is 14.7 Å². The van der Waals surface area contributed by atoms with E-state index in [-0.39, 0.29) is 6.42 Å². The second kappa shape index (κ2) is 8.03. The molecule has 1 fully saturated rings. The number of ether oxygens (including phenoxy) is 1. The van der Waals surface area contributed by atoms with E-state index in [0.717, 1.165) is 44.0 Å². The van der Waals surface area contributed by atoms with Crippen molar-refractivity contribution in [3.8, 4) is 5.75 Å². The Morgan fingerprint density at radius 1 is 1.04 bits per heavy atom. The van der Waals surface area contributed by atoms with Crippen LogP contribution in [0.2, 0.25) is 0 Å². The van der Waals surface area contributed by atoms with Crippen LogP contribution in [0, 0.1) is 0 Å². The summed E-state index contributed by atoms with van der Waals surface area (Å²) in [6, 6.07) is 16.1. The Kier molecular flexibility index (Phi) is 5.56. The lowest BCUT2D eigenvalue weighted by Gasteiger charge is -2.36. The normalized spacial score (nSPS) is 15.2. The topological polar surface area (TPSA) is 53.0 Å². The van der Waals surface area contributed by atoms with Gasteiger partial charge in [0.1, 0.15) is 5.75 Å². The minimum absolute atomic E-state index is 0.0828. The molecule has 0 bridgehead atoms. The summed E-state index contributed by atoms with van der Waals surface area (Å²) in [4.78, 5) is 15.6. The number of anilines is 1. The van der Waals surface area contributed by atoms with Crippen LogP contribution in [0.15, 0.2) is 48.5 Å². The first-order valence-electron chi connectivity index (χ1n) is 8.55. The lowest BCUT2D eigenvalue weighted by molar-refractivity contribution is -0.136. The number of rotatable bonds is 6. The zero-order valence-corrected chi connectivity index (χ0v) is 14.5. The minimum Gasteiger partial charge on any atom is -0.497 e. The van der Waals surface area contributed by atoms with Crippen LogP contribution >= 0.6 is 0 Å². The van der Waals surface area contributed by atoms with Crippen LogP contribution in [0.3, 0.4) is 0 Å². The highest BCUT2D eigenvalue weighted by Gasteiger charge is 2.17. The Hall–Kier alpha value is -2.53. The van der Waals surface area contributed by atoms with Crippen molar-refractivity contribution in [2.75, 3.05) is 38.2 Å². The molecule has 1 heterocycles. The van der Waals surface area contributed by atoms with Crippen LogP contribution in [0.5, 0.6) is 5.75 Å². The number of piperazine rings is 1. The second-order valence-electron chi connectivity index (χ2n) is 6.35. The molecule has 0 aliphatic carbocycles. The van der Waals surface area contributed by atoms with Gasteiger partial charge in [-0.15, -0.1) is 0 Å². The van der Waals surface area contributed by atoms with Gasteiger partial charge >= 0.3 is 5.97 Å². The van der Waals surface area contributed by atoms with E-state index in [1.165, 1.54) is 11.3 Å². The number of benzene rings is 2. The van der Waals surface area contributed by atoms with Gasteiger partial charge in [-0.05, 0) is 23.3 Å². The molecule has 25 heavy (non-hydrogen) atoms. The van der Waals surface area contributed by atoms with Gasteiger partial charge in [-0.2, -0.15) is 0 Å². The van der Waals surface area contributed by atoms with Gasteiger partial charge in [0.25, 0.3) is 0 Å². The third-order valence-electron chi connectivity index (χ3n) is 4.58. The van der Waals surface area contributed by atoms with Crippen LogP contribution in [-0.2, 0) is 17.8 Å². The molecule has 0 saturated carbocycles. The monoisotopic (exact) mass is 340 g/mol. The third-order valence-corrected chi connectivity index (χ3v) is 4.58. The summed E-state index contributed by atoms with van der Waals surface area (Å²) in [5, 5.41) is 8.83. The summed E-state index contributed by atoms with van der Waals surface area (Å²) in [6.45, 7) is 4.90. The van der Waals surface area contributed by atoms with E-state index in [4.69, 9.17) is 9.84 Å². The van der Waals surface area contributed by atoms with E-state index in [9.17, 15) is 4.79 Å². The zero-order chi connectivity index (χ0) is 17.6. The Balaban J connectivity index is 1.53. The molecule has 1 N–H and O–H groups in total. The summed E-state index contributed by atoms with van der Waals surface area (Å²) < 4.78 is 5.31. The van der Waals surface area contributed by atoms with E-state index < -0.39 is 5.97 Å². The molecule has 0 aromatic heterocycles. The molecule has 0 atom stereocenters. The maximum atomic E-state index is 10.7. The highest BCUT2D eigenvalue weighted by molar-refractivity contribution is 5.70. The summed E-state index contributed by atoms with van der Waals surface area (Å²) >= 11 is 0. The van der Waals surface area contributed by atoms with Crippen LogP contribution < -0.4 is 9.64 Å². The molecule has 5 nitrogen and oxygen atoms in total. The Labute approximate surface area is 148 Å². The SMILES string of the molecule is COc1cccc(N2CCN(Cc3ccc(CC(=O)O)cc3)CC2)c1. The maximum Gasteiger partial charge on any atom is 0.307 e. The summed E-state index contributed by atoms with van der Waals surface area (Å²) in [6.07, 6.45) is 0.0828. The second-order valence-corrected chi connectivity index (χ2v) is 6.35. The summed E-state index contributed by atoms with van der Waals surface area (Å²) in [7, 11) is 1.69. The standard InChI is InChI=1S/C20H24N2O3/c1-25-19-4-2-3-18(14-19)22-11-9-21(10-12-22)15-17-7-5-16(6-8-17)13-20(23)24/h2-8,14H,9-13,15H2,1H3,(H,23,24). The number of hydrogen-bond acceptors (Lipinski definition) is 4. The van der Waals surface area contributed by atoms with Crippen LogP contribution in [0.4, 0.5) is 5.69 Å². The largest absolute Gasteiger partial charge is 0.497 e. The van der Waals surface area contributed by atoms with Crippen molar-refractivity contribution in [3.05, 3.63) is 59.7 Å². The quantitative estimate of drug-likeness (QED) is 0.876. The van der Waals surface area contributed by atoms with E-state index in [0.29, 0.717) is 0 Å². The van der Waals surface area contributed by atoms with Crippen LogP contribution in [0.25, 0.3) is 0 Å². The Morgan fingerprint density at radius 3 is 2.36 bits per heavy atom. The third kappa shape index (κ3) is 4.73. The van der Waals surface area contributed by atoms with Crippen molar-refractivity contribution in [2.45, 2.75) is 13.0 Å². The Bertz CT molecular complexity index is 707. The number of carbonyl (C=O) groups is 1. The molecule has 2 aromatic rings. The highest BCUT2D eigenvalue weighted by atomic mass is 16.5. The van der Waals surface area contributed by atoms with Crippen LogP contribution in [0.1, 0.15) is 11.1 Å². The molecule has 3 rings (SSSR count). The molecular formula is C20H24N2O3. The lowest BCUT2D eigenvalue weighted by Crippen LogP contribution is -2.45. The first kappa shape index (κ1) is 17.3. The van der Waals surface area contributed by atoms with Gasteiger partial charge in [0.2, 0.25) is 0 Å². The van der Waals surface area contributed by atoms with Gasteiger partial charge in [0.15, 0.2) is 0 Å². The lowest BCUT2D eigenvalue weighted by atomic mass is 10.1. The molecule has 0 radical (unpaired) electrons. The predicted octanol–water partition coefficient (Wildman–Crippen LogP) is 2.64. The fourth-order valence-corrected chi connectivity index (χ4v) is 3.17. The smallest absolute Gasteiger partial charge is 0.307 e. The van der Waals surface area contributed by atoms with Gasteiger partial charge in [-0.3, -0.25) is 9.69 Å². The zero-order valence-electron chi connectivity index (χ0n) is 14.5. The number of aliphatic carboxylic acids is 1. The van der Waals surface area contributed by atoms with Gasteiger partial charge in [0, 0.05) is 44.5 Å². The van der Waals surface area contributed by atoms with Crippen LogP contribution in [-0.4, -0.2) is 49.3 Å². The molecule has 0 amide bonds. The number of methoxy groups -OCH3 is 1.